The molecule has 0 fully saturated rings. The Morgan fingerprint density at radius 1 is 1.35 bits per heavy atom. The highest BCUT2D eigenvalue weighted by Gasteiger charge is 2.27. The largest absolute Gasteiger partial charge is 0.481 e. The third kappa shape index (κ3) is 3.50. The van der Waals surface area contributed by atoms with Crippen molar-refractivity contribution >= 4 is 33.7 Å². The van der Waals surface area contributed by atoms with Crippen LogP contribution in [0.5, 0.6) is 0 Å². The molecule has 120 valence electrons. The Morgan fingerprint density at radius 3 is 2.96 bits per heavy atom. The van der Waals surface area contributed by atoms with Crippen LogP contribution >= 0.6 is 27.7 Å². The normalized spacial score (nSPS) is 22.5. The van der Waals surface area contributed by atoms with Crippen LogP contribution in [0.3, 0.4) is 0 Å². The summed E-state index contributed by atoms with van der Waals surface area (Å²) in [5, 5.41) is 17.6. The predicted octanol–water partition coefficient (Wildman–Crippen LogP) is 3.46. The molecular formula is C16H16BrN3O2S. The van der Waals surface area contributed by atoms with Crippen molar-refractivity contribution in [2.45, 2.75) is 18.6 Å². The number of hydrogen-bond acceptors (Lipinski definition) is 4. The summed E-state index contributed by atoms with van der Waals surface area (Å²) in [4.78, 5) is 10.8. The molecule has 23 heavy (non-hydrogen) atoms. The summed E-state index contributed by atoms with van der Waals surface area (Å²) in [7, 11) is 0. The number of aromatic nitrogens is 3. The third-order valence-corrected chi connectivity index (χ3v) is 5.50. The number of carboxylic acid groups (broad SMARTS) is 1. The number of rotatable bonds is 5. The van der Waals surface area contributed by atoms with Gasteiger partial charge < -0.3 is 5.11 Å². The second kappa shape index (κ2) is 6.88. The van der Waals surface area contributed by atoms with E-state index in [1.165, 1.54) is 22.9 Å². The molecule has 0 spiro atoms. The van der Waals surface area contributed by atoms with Gasteiger partial charge in [-0.25, -0.2) is 0 Å². The van der Waals surface area contributed by atoms with Crippen LogP contribution in [0.15, 0.2) is 57.5 Å². The Morgan fingerprint density at radius 2 is 2.17 bits per heavy atom. The van der Waals surface area contributed by atoms with Gasteiger partial charge in [0.15, 0.2) is 5.16 Å². The Balaban J connectivity index is 1.81. The number of hydrogen-bond donors (Lipinski definition) is 1. The number of carboxylic acids is 1. The lowest BCUT2D eigenvalue weighted by Crippen LogP contribution is -2.23. The molecule has 2 atom stereocenters. The number of fused-ring (bicyclic) bond motifs is 1. The first-order valence-corrected chi connectivity index (χ1v) is 9.01. The molecule has 1 aromatic rings. The minimum atomic E-state index is -0.862. The lowest BCUT2D eigenvalue weighted by atomic mass is 9.77. The van der Waals surface area contributed by atoms with Crippen LogP contribution in [0.1, 0.15) is 6.92 Å². The standard InChI is InChI=1S/C16H16BrN3O2S/c1-10-6-7-11(13-5-3-2-4-12(10)13)8-20-15(17)18-19-16(20)23-9-14(21)22/h2-7,11,13H,8-9H2,1H3,(H,21,22). The van der Waals surface area contributed by atoms with E-state index in [1.54, 1.807) is 0 Å². The molecule has 1 N–H and O–H groups in total. The molecule has 0 aliphatic heterocycles. The van der Waals surface area contributed by atoms with Gasteiger partial charge >= 0.3 is 5.97 Å². The zero-order valence-corrected chi connectivity index (χ0v) is 14.9. The summed E-state index contributed by atoms with van der Waals surface area (Å²) >= 11 is 4.60. The number of thioether (sulfide) groups is 1. The minimum absolute atomic E-state index is 0.0258. The number of carbonyl (C=O) groups is 1. The molecule has 0 amide bonds. The Bertz CT molecular complexity index is 749. The van der Waals surface area contributed by atoms with Crippen LogP contribution < -0.4 is 0 Å². The van der Waals surface area contributed by atoms with Crippen molar-refractivity contribution in [1.29, 1.82) is 0 Å². The first-order valence-electron chi connectivity index (χ1n) is 7.23. The maximum atomic E-state index is 10.8. The van der Waals surface area contributed by atoms with E-state index in [-0.39, 0.29) is 11.7 Å². The van der Waals surface area contributed by atoms with Crippen LogP contribution in [-0.4, -0.2) is 31.6 Å². The van der Waals surface area contributed by atoms with Crippen molar-refractivity contribution < 1.29 is 9.90 Å². The highest BCUT2D eigenvalue weighted by atomic mass is 79.9. The summed E-state index contributed by atoms with van der Waals surface area (Å²) in [6.07, 6.45) is 12.9. The smallest absolute Gasteiger partial charge is 0.313 e. The monoisotopic (exact) mass is 393 g/mol. The highest BCUT2D eigenvalue weighted by Crippen LogP contribution is 2.36. The van der Waals surface area contributed by atoms with E-state index in [0.29, 0.717) is 22.4 Å². The van der Waals surface area contributed by atoms with Gasteiger partial charge in [0, 0.05) is 18.4 Å². The van der Waals surface area contributed by atoms with Gasteiger partial charge in [0.25, 0.3) is 0 Å². The first kappa shape index (κ1) is 16.3. The van der Waals surface area contributed by atoms with E-state index >= 15 is 0 Å². The third-order valence-electron chi connectivity index (χ3n) is 3.96. The van der Waals surface area contributed by atoms with Crippen molar-refractivity contribution in [2.75, 3.05) is 5.75 Å². The van der Waals surface area contributed by atoms with Crippen molar-refractivity contribution in [2.24, 2.45) is 11.8 Å². The van der Waals surface area contributed by atoms with Gasteiger partial charge in [-0.15, -0.1) is 10.2 Å². The van der Waals surface area contributed by atoms with E-state index in [2.05, 4.69) is 69.5 Å². The molecule has 2 unspecified atom stereocenters. The maximum Gasteiger partial charge on any atom is 0.313 e. The van der Waals surface area contributed by atoms with Crippen molar-refractivity contribution in [1.82, 2.24) is 14.8 Å². The molecule has 0 saturated heterocycles. The Labute approximate surface area is 147 Å². The molecule has 1 heterocycles. The Hall–Kier alpha value is -1.60. The van der Waals surface area contributed by atoms with Crippen molar-refractivity contribution in [3.8, 4) is 0 Å². The maximum absolute atomic E-state index is 10.8. The van der Waals surface area contributed by atoms with E-state index in [0.717, 1.165) is 0 Å². The second-order valence-electron chi connectivity index (χ2n) is 5.48. The van der Waals surface area contributed by atoms with Crippen LogP contribution in [0.4, 0.5) is 0 Å². The molecular weight excluding hydrogens is 378 g/mol. The Kier molecular flexibility index (Phi) is 4.87. The SMILES string of the molecule is CC1=C2C=CC=CC2C(Cn2c(Br)nnc2SCC(=O)O)C=C1. The van der Waals surface area contributed by atoms with Crippen LogP contribution in [-0.2, 0) is 11.3 Å². The summed E-state index contributed by atoms with van der Waals surface area (Å²) in [5.41, 5.74) is 2.62. The predicted molar refractivity (Wildman–Crippen MR) is 93.2 cm³/mol. The number of aliphatic carboxylic acids is 1. The minimum Gasteiger partial charge on any atom is -0.481 e. The van der Waals surface area contributed by atoms with Gasteiger partial charge in [-0.05, 0) is 34.0 Å². The number of nitrogens with zero attached hydrogens (tertiary/aromatic N) is 3. The average molecular weight is 394 g/mol. The van der Waals surface area contributed by atoms with Crippen LogP contribution in [0.2, 0.25) is 0 Å². The molecule has 3 rings (SSSR count). The summed E-state index contributed by atoms with van der Waals surface area (Å²) in [6.45, 7) is 2.83. The summed E-state index contributed by atoms with van der Waals surface area (Å²) < 4.78 is 2.56. The fourth-order valence-corrected chi connectivity index (χ4v) is 4.03. The van der Waals surface area contributed by atoms with Crippen molar-refractivity contribution in [3.05, 3.63) is 52.3 Å². The van der Waals surface area contributed by atoms with E-state index in [4.69, 9.17) is 5.11 Å². The fraction of sp³-hybridized carbons (Fsp3) is 0.312. The van der Waals surface area contributed by atoms with Crippen LogP contribution in [0, 0.1) is 11.8 Å². The van der Waals surface area contributed by atoms with Gasteiger partial charge in [0.2, 0.25) is 4.73 Å². The molecule has 0 radical (unpaired) electrons. The zero-order chi connectivity index (χ0) is 16.4. The quantitative estimate of drug-likeness (QED) is 0.775. The first-order chi connectivity index (χ1) is 11.1. The molecule has 1 aromatic heterocycles. The molecule has 7 heteroatoms. The fourth-order valence-electron chi connectivity index (χ4n) is 2.85. The summed E-state index contributed by atoms with van der Waals surface area (Å²) in [6, 6.07) is 0. The molecule has 0 bridgehead atoms. The van der Waals surface area contributed by atoms with Crippen LogP contribution in [0.25, 0.3) is 0 Å². The highest BCUT2D eigenvalue weighted by molar-refractivity contribution is 9.10. The molecule has 0 aromatic carbocycles. The van der Waals surface area contributed by atoms with Gasteiger partial charge in [-0.2, -0.15) is 0 Å². The average Bonchev–Trinajstić information content (AvgIpc) is 2.89. The molecule has 2 aliphatic rings. The van der Waals surface area contributed by atoms with E-state index < -0.39 is 5.97 Å². The topological polar surface area (TPSA) is 68.0 Å². The number of halogens is 1. The van der Waals surface area contributed by atoms with Gasteiger partial charge in [0.05, 0.1) is 5.75 Å². The van der Waals surface area contributed by atoms with E-state index in [9.17, 15) is 4.79 Å². The summed E-state index contributed by atoms with van der Waals surface area (Å²) in [5.74, 6) is -0.274. The van der Waals surface area contributed by atoms with Crippen molar-refractivity contribution in [3.63, 3.8) is 0 Å². The van der Waals surface area contributed by atoms with Gasteiger partial charge in [-0.3, -0.25) is 9.36 Å². The molecule has 5 nitrogen and oxygen atoms in total. The second-order valence-corrected chi connectivity index (χ2v) is 7.13. The van der Waals surface area contributed by atoms with E-state index in [1.807, 2.05) is 4.57 Å². The lowest BCUT2D eigenvalue weighted by Gasteiger charge is -2.30. The lowest BCUT2D eigenvalue weighted by molar-refractivity contribution is -0.133. The zero-order valence-electron chi connectivity index (χ0n) is 12.5. The number of allylic oxidation sites excluding steroid dienone is 8. The van der Waals surface area contributed by atoms with Gasteiger partial charge in [0.1, 0.15) is 0 Å². The molecule has 2 aliphatic carbocycles. The molecule has 0 saturated carbocycles. The van der Waals surface area contributed by atoms with Gasteiger partial charge in [-0.1, -0.05) is 48.2 Å².